The highest BCUT2D eigenvalue weighted by Crippen LogP contribution is 2.13. The zero-order chi connectivity index (χ0) is 10.1. The van der Waals surface area contributed by atoms with Gasteiger partial charge in [0.25, 0.3) is 5.91 Å². The SMILES string of the molecule is CCN1CCn2c(cnc2C(N)=O)C1. The van der Waals surface area contributed by atoms with E-state index in [1.54, 1.807) is 6.20 Å². The maximum atomic E-state index is 11.0. The molecule has 5 nitrogen and oxygen atoms in total. The summed E-state index contributed by atoms with van der Waals surface area (Å²) in [5.74, 6) is -0.0584. The number of aromatic nitrogens is 2. The molecule has 1 aliphatic heterocycles. The highest BCUT2D eigenvalue weighted by Gasteiger charge is 2.20. The molecule has 1 aliphatic rings. The lowest BCUT2D eigenvalue weighted by atomic mass is 10.3. The van der Waals surface area contributed by atoms with Gasteiger partial charge in [0.15, 0.2) is 5.82 Å². The zero-order valence-corrected chi connectivity index (χ0v) is 8.23. The van der Waals surface area contributed by atoms with Crippen molar-refractivity contribution in [2.45, 2.75) is 20.0 Å². The normalized spacial score (nSPS) is 16.6. The van der Waals surface area contributed by atoms with E-state index in [4.69, 9.17) is 5.73 Å². The highest BCUT2D eigenvalue weighted by molar-refractivity contribution is 5.89. The third kappa shape index (κ3) is 1.39. The lowest BCUT2D eigenvalue weighted by Gasteiger charge is -2.27. The molecule has 2 rings (SSSR count). The summed E-state index contributed by atoms with van der Waals surface area (Å²) in [5, 5.41) is 0. The van der Waals surface area contributed by atoms with Crippen LogP contribution in [0.3, 0.4) is 0 Å². The van der Waals surface area contributed by atoms with Crippen LogP contribution in [0.1, 0.15) is 23.2 Å². The van der Waals surface area contributed by atoms with Crippen LogP contribution in [-0.4, -0.2) is 33.4 Å². The molecule has 0 saturated heterocycles. The van der Waals surface area contributed by atoms with E-state index in [-0.39, 0.29) is 0 Å². The van der Waals surface area contributed by atoms with Crippen molar-refractivity contribution in [1.82, 2.24) is 14.5 Å². The molecule has 0 atom stereocenters. The van der Waals surface area contributed by atoms with Gasteiger partial charge < -0.3 is 10.3 Å². The number of carbonyl (C=O) groups is 1. The smallest absolute Gasteiger partial charge is 0.284 e. The van der Waals surface area contributed by atoms with E-state index in [1.165, 1.54) is 0 Å². The van der Waals surface area contributed by atoms with Crippen LogP contribution in [0.5, 0.6) is 0 Å². The Hall–Kier alpha value is -1.36. The van der Waals surface area contributed by atoms with Gasteiger partial charge >= 0.3 is 0 Å². The number of carbonyl (C=O) groups excluding carboxylic acids is 1. The predicted molar refractivity (Wildman–Crippen MR) is 51.7 cm³/mol. The average Bonchev–Trinajstić information content (AvgIpc) is 2.59. The first-order valence-corrected chi connectivity index (χ1v) is 4.79. The number of imidazole rings is 1. The lowest BCUT2D eigenvalue weighted by molar-refractivity contribution is 0.0982. The minimum absolute atomic E-state index is 0.385. The van der Waals surface area contributed by atoms with Crippen LogP contribution in [-0.2, 0) is 13.1 Å². The number of hydrogen-bond acceptors (Lipinski definition) is 3. The van der Waals surface area contributed by atoms with Gasteiger partial charge in [0.05, 0.1) is 11.9 Å². The van der Waals surface area contributed by atoms with Crippen LogP contribution in [0.2, 0.25) is 0 Å². The second-order valence-corrected chi connectivity index (χ2v) is 3.46. The molecule has 0 radical (unpaired) electrons. The number of nitrogens with two attached hydrogens (primary N) is 1. The molecule has 0 fully saturated rings. The summed E-state index contributed by atoms with van der Waals surface area (Å²) < 4.78 is 1.91. The van der Waals surface area contributed by atoms with Gasteiger partial charge in [0, 0.05) is 19.6 Å². The lowest BCUT2D eigenvalue weighted by Crippen LogP contribution is -2.34. The van der Waals surface area contributed by atoms with Crippen molar-refractivity contribution in [2.24, 2.45) is 5.73 Å². The summed E-state index contributed by atoms with van der Waals surface area (Å²) in [5.41, 5.74) is 6.29. The van der Waals surface area contributed by atoms with Crippen LogP contribution in [0.25, 0.3) is 0 Å². The van der Waals surface area contributed by atoms with E-state index in [9.17, 15) is 4.79 Å². The summed E-state index contributed by atoms with van der Waals surface area (Å²) in [4.78, 5) is 17.3. The second-order valence-electron chi connectivity index (χ2n) is 3.46. The average molecular weight is 194 g/mol. The van der Waals surface area contributed by atoms with Gasteiger partial charge in [-0.25, -0.2) is 4.98 Å². The number of rotatable bonds is 2. The quantitative estimate of drug-likeness (QED) is 0.710. The fourth-order valence-electron chi connectivity index (χ4n) is 1.80. The number of primary amides is 1. The van der Waals surface area contributed by atoms with Gasteiger partial charge in [-0.05, 0) is 6.54 Å². The molecular formula is C9H14N4O. The van der Waals surface area contributed by atoms with Gasteiger partial charge in [-0.1, -0.05) is 6.92 Å². The van der Waals surface area contributed by atoms with E-state index in [0.717, 1.165) is 31.9 Å². The van der Waals surface area contributed by atoms with Crippen molar-refractivity contribution >= 4 is 5.91 Å². The standard InChI is InChI=1S/C9H14N4O/c1-2-12-3-4-13-7(6-12)5-11-9(13)8(10)14/h5H,2-4,6H2,1H3,(H2,10,14). The topological polar surface area (TPSA) is 64.2 Å². The molecule has 1 amide bonds. The zero-order valence-electron chi connectivity index (χ0n) is 8.23. The molecule has 2 heterocycles. The van der Waals surface area contributed by atoms with Gasteiger partial charge in [0.2, 0.25) is 0 Å². The largest absolute Gasteiger partial charge is 0.363 e. The van der Waals surface area contributed by atoms with Gasteiger partial charge in [-0.15, -0.1) is 0 Å². The first-order chi connectivity index (χ1) is 6.72. The van der Waals surface area contributed by atoms with Crippen molar-refractivity contribution in [3.63, 3.8) is 0 Å². The van der Waals surface area contributed by atoms with Crippen molar-refractivity contribution in [2.75, 3.05) is 13.1 Å². The summed E-state index contributed by atoms with van der Waals surface area (Å²) >= 11 is 0. The van der Waals surface area contributed by atoms with Crippen molar-refractivity contribution in [1.29, 1.82) is 0 Å². The molecule has 0 aromatic carbocycles. The molecule has 14 heavy (non-hydrogen) atoms. The number of likely N-dealkylation sites (N-methyl/N-ethyl adjacent to an activating group) is 1. The molecule has 0 unspecified atom stereocenters. The van der Waals surface area contributed by atoms with E-state index >= 15 is 0 Å². The third-order valence-electron chi connectivity index (χ3n) is 2.63. The number of hydrogen-bond donors (Lipinski definition) is 1. The summed E-state index contributed by atoms with van der Waals surface area (Å²) in [6.45, 7) is 5.77. The van der Waals surface area contributed by atoms with Crippen LogP contribution in [0.4, 0.5) is 0 Å². The first kappa shape index (κ1) is 9.21. The Morgan fingerprint density at radius 2 is 2.43 bits per heavy atom. The fraction of sp³-hybridized carbons (Fsp3) is 0.556. The minimum atomic E-state index is -0.443. The van der Waals surface area contributed by atoms with E-state index in [1.807, 2.05) is 4.57 Å². The number of fused-ring (bicyclic) bond motifs is 1. The summed E-state index contributed by atoms with van der Waals surface area (Å²) in [6.07, 6.45) is 1.74. The molecule has 0 bridgehead atoms. The van der Waals surface area contributed by atoms with Crippen LogP contribution < -0.4 is 5.73 Å². The van der Waals surface area contributed by atoms with Gasteiger partial charge in [-0.3, -0.25) is 9.69 Å². The van der Waals surface area contributed by atoms with E-state index in [2.05, 4.69) is 16.8 Å². The van der Waals surface area contributed by atoms with Crippen LogP contribution >= 0.6 is 0 Å². The molecule has 0 spiro atoms. The Morgan fingerprint density at radius 3 is 3.07 bits per heavy atom. The number of amides is 1. The molecule has 2 N–H and O–H groups in total. The van der Waals surface area contributed by atoms with E-state index in [0.29, 0.717) is 5.82 Å². The summed E-state index contributed by atoms with van der Waals surface area (Å²) in [6, 6.07) is 0. The van der Waals surface area contributed by atoms with Crippen molar-refractivity contribution in [3.8, 4) is 0 Å². The Kier molecular flexibility index (Phi) is 2.25. The molecule has 0 aliphatic carbocycles. The van der Waals surface area contributed by atoms with Gasteiger partial charge in [0.1, 0.15) is 0 Å². The highest BCUT2D eigenvalue weighted by atomic mass is 16.1. The number of nitrogens with zero attached hydrogens (tertiary/aromatic N) is 3. The first-order valence-electron chi connectivity index (χ1n) is 4.79. The predicted octanol–water partition coefficient (Wildman–Crippen LogP) is -0.183. The van der Waals surface area contributed by atoms with Crippen molar-refractivity contribution < 1.29 is 4.79 Å². The van der Waals surface area contributed by atoms with E-state index < -0.39 is 5.91 Å². The Morgan fingerprint density at radius 1 is 1.64 bits per heavy atom. The molecule has 5 heteroatoms. The summed E-state index contributed by atoms with van der Waals surface area (Å²) in [7, 11) is 0. The maximum absolute atomic E-state index is 11.0. The Bertz CT molecular complexity index is 358. The third-order valence-corrected chi connectivity index (χ3v) is 2.63. The molecule has 0 saturated carbocycles. The molecule has 76 valence electrons. The monoisotopic (exact) mass is 194 g/mol. The Balaban J connectivity index is 2.29. The minimum Gasteiger partial charge on any atom is -0.363 e. The van der Waals surface area contributed by atoms with Crippen LogP contribution in [0.15, 0.2) is 6.20 Å². The maximum Gasteiger partial charge on any atom is 0.284 e. The fourth-order valence-corrected chi connectivity index (χ4v) is 1.80. The Labute approximate surface area is 82.5 Å². The molecule has 1 aromatic rings. The second kappa shape index (κ2) is 3.42. The van der Waals surface area contributed by atoms with Crippen LogP contribution in [0, 0.1) is 0 Å². The van der Waals surface area contributed by atoms with Gasteiger partial charge in [-0.2, -0.15) is 0 Å². The van der Waals surface area contributed by atoms with Crippen molar-refractivity contribution in [3.05, 3.63) is 17.7 Å². The molecular weight excluding hydrogens is 180 g/mol. The molecule has 1 aromatic heterocycles.